The van der Waals surface area contributed by atoms with Gasteiger partial charge in [0.15, 0.2) is 0 Å². The highest BCUT2D eigenvalue weighted by atomic mass is 16.2. The monoisotopic (exact) mass is 172 g/mol. The van der Waals surface area contributed by atoms with Gasteiger partial charge in [-0.15, -0.1) is 0 Å². The Morgan fingerprint density at radius 1 is 1.25 bits per heavy atom. The molecule has 0 aliphatic heterocycles. The minimum Gasteiger partial charge on any atom is -0.350 e. The zero-order valence-electron chi connectivity index (χ0n) is 8.69. The topological polar surface area (TPSA) is 55.1 Å². The third kappa shape index (κ3) is 2.81. The number of rotatable bonds is 2. The SMILES string of the molecule is CC(C)(C)C(C)(C)NC(=O)CN. The van der Waals surface area contributed by atoms with Crippen molar-refractivity contribution in [3.63, 3.8) is 0 Å². The van der Waals surface area contributed by atoms with Gasteiger partial charge in [0, 0.05) is 5.54 Å². The molecule has 0 atom stereocenters. The van der Waals surface area contributed by atoms with Gasteiger partial charge in [0.05, 0.1) is 6.54 Å². The highest BCUT2D eigenvalue weighted by Crippen LogP contribution is 2.28. The maximum atomic E-state index is 11.0. The van der Waals surface area contributed by atoms with E-state index in [2.05, 4.69) is 26.1 Å². The molecule has 0 aliphatic rings. The number of carbonyl (C=O) groups is 1. The lowest BCUT2D eigenvalue weighted by Crippen LogP contribution is -2.53. The summed E-state index contributed by atoms with van der Waals surface area (Å²) in [7, 11) is 0. The molecule has 0 bridgehead atoms. The zero-order chi connectivity index (χ0) is 9.99. The van der Waals surface area contributed by atoms with Crippen molar-refractivity contribution in [1.29, 1.82) is 0 Å². The molecule has 0 rings (SSSR count). The molecule has 0 spiro atoms. The first kappa shape index (κ1) is 11.4. The molecule has 0 fully saturated rings. The maximum absolute atomic E-state index is 11.0. The molecular formula is C9H20N2O. The van der Waals surface area contributed by atoms with Crippen molar-refractivity contribution in [1.82, 2.24) is 5.32 Å². The van der Waals surface area contributed by atoms with Crippen LogP contribution >= 0.6 is 0 Å². The second-order valence-electron chi connectivity index (χ2n) is 4.63. The fourth-order valence-corrected chi connectivity index (χ4v) is 0.587. The third-order valence-electron chi connectivity index (χ3n) is 2.51. The molecule has 0 aromatic rings. The molecule has 12 heavy (non-hydrogen) atoms. The van der Waals surface area contributed by atoms with Crippen LogP contribution in [0.25, 0.3) is 0 Å². The molecular weight excluding hydrogens is 152 g/mol. The summed E-state index contributed by atoms with van der Waals surface area (Å²) in [5.74, 6) is -0.102. The Balaban J connectivity index is 4.33. The van der Waals surface area contributed by atoms with Gasteiger partial charge in [-0.05, 0) is 19.3 Å². The van der Waals surface area contributed by atoms with Crippen LogP contribution in [0.3, 0.4) is 0 Å². The van der Waals surface area contributed by atoms with Gasteiger partial charge < -0.3 is 11.1 Å². The Morgan fingerprint density at radius 2 is 1.67 bits per heavy atom. The quantitative estimate of drug-likeness (QED) is 0.650. The van der Waals surface area contributed by atoms with Crippen molar-refractivity contribution in [2.45, 2.75) is 40.2 Å². The standard InChI is InChI=1S/C9H20N2O/c1-8(2,3)9(4,5)11-7(12)6-10/h6,10H2,1-5H3,(H,11,12). The lowest BCUT2D eigenvalue weighted by molar-refractivity contribution is -0.122. The average Bonchev–Trinajstić information content (AvgIpc) is 1.84. The molecule has 3 heteroatoms. The van der Waals surface area contributed by atoms with Crippen LogP contribution in [0.5, 0.6) is 0 Å². The van der Waals surface area contributed by atoms with Crippen LogP contribution in [0.15, 0.2) is 0 Å². The smallest absolute Gasteiger partial charge is 0.234 e. The van der Waals surface area contributed by atoms with Crippen molar-refractivity contribution >= 4 is 5.91 Å². The molecule has 0 saturated carbocycles. The predicted molar refractivity (Wildman–Crippen MR) is 50.7 cm³/mol. The number of nitrogens with two attached hydrogens (primary N) is 1. The van der Waals surface area contributed by atoms with Gasteiger partial charge in [-0.2, -0.15) is 0 Å². The molecule has 0 saturated heterocycles. The third-order valence-corrected chi connectivity index (χ3v) is 2.51. The van der Waals surface area contributed by atoms with Crippen molar-refractivity contribution in [3.8, 4) is 0 Å². The van der Waals surface area contributed by atoms with Crippen LogP contribution in [0, 0.1) is 5.41 Å². The molecule has 3 nitrogen and oxygen atoms in total. The fourth-order valence-electron chi connectivity index (χ4n) is 0.587. The minimum atomic E-state index is -0.219. The van der Waals surface area contributed by atoms with Gasteiger partial charge in [0.2, 0.25) is 5.91 Å². The van der Waals surface area contributed by atoms with E-state index in [0.717, 1.165) is 0 Å². The average molecular weight is 172 g/mol. The summed E-state index contributed by atoms with van der Waals surface area (Å²) in [5.41, 5.74) is 5.03. The first-order valence-electron chi connectivity index (χ1n) is 4.22. The molecule has 0 aromatic heterocycles. The van der Waals surface area contributed by atoms with Crippen molar-refractivity contribution in [3.05, 3.63) is 0 Å². The second-order valence-corrected chi connectivity index (χ2v) is 4.63. The Kier molecular flexibility index (Phi) is 3.27. The van der Waals surface area contributed by atoms with E-state index in [4.69, 9.17) is 5.73 Å². The Morgan fingerprint density at radius 3 is 1.92 bits per heavy atom. The number of hydrogen-bond acceptors (Lipinski definition) is 2. The highest BCUT2D eigenvalue weighted by molar-refractivity contribution is 5.78. The van der Waals surface area contributed by atoms with Crippen molar-refractivity contribution in [2.24, 2.45) is 11.1 Å². The van der Waals surface area contributed by atoms with Gasteiger partial charge in [0.1, 0.15) is 0 Å². The number of nitrogens with one attached hydrogen (secondary N) is 1. The summed E-state index contributed by atoms with van der Waals surface area (Å²) in [6.45, 7) is 10.3. The van der Waals surface area contributed by atoms with E-state index in [-0.39, 0.29) is 23.4 Å². The molecule has 72 valence electrons. The maximum Gasteiger partial charge on any atom is 0.234 e. The molecule has 1 amide bonds. The normalized spacial score (nSPS) is 12.8. The van der Waals surface area contributed by atoms with E-state index in [0.29, 0.717) is 0 Å². The summed E-state index contributed by atoms with van der Waals surface area (Å²) >= 11 is 0. The Bertz CT molecular complexity index is 168. The summed E-state index contributed by atoms with van der Waals surface area (Å²) in [6, 6.07) is 0. The summed E-state index contributed by atoms with van der Waals surface area (Å²) in [6.07, 6.45) is 0. The molecule has 0 radical (unpaired) electrons. The van der Waals surface area contributed by atoms with Crippen LogP contribution in [-0.4, -0.2) is 18.0 Å². The van der Waals surface area contributed by atoms with Crippen molar-refractivity contribution < 1.29 is 4.79 Å². The van der Waals surface area contributed by atoms with Gasteiger partial charge in [-0.3, -0.25) is 4.79 Å². The van der Waals surface area contributed by atoms with Gasteiger partial charge in [-0.25, -0.2) is 0 Å². The lowest BCUT2D eigenvalue weighted by Gasteiger charge is -2.39. The number of hydrogen-bond donors (Lipinski definition) is 2. The largest absolute Gasteiger partial charge is 0.350 e. The van der Waals surface area contributed by atoms with E-state index < -0.39 is 0 Å². The lowest BCUT2D eigenvalue weighted by atomic mass is 9.76. The fraction of sp³-hybridized carbons (Fsp3) is 0.889. The van der Waals surface area contributed by atoms with E-state index in [1.165, 1.54) is 0 Å². The van der Waals surface area contributed by atoms with Crippen LogP contribution in [0.4, 0.5) is 0 Å². The van der Waals surface area contributed by atoms with E-state index in [1.807, 2.05) is 13.8 Å². The first-order valence-corrected chi connectivity index (χ1v) is 4.22. The van der Waals surface area contributed by atoms with Crippen LogP contribution in [0.1, 0.15) is 34.6 Å². The van der Waals surface area contributed by atoms with Crippen LogP contribution < -0.4 is 11.1 Å². The first-order chi connectivity index (χ1) is 5.20. The van der Waals surface area contributed by atoms with Gasteiger partial charge in [0.25, 0.3) is 0 Å². The summed E-state index contributed by atoms with van der Waals surface area (Å²) < 4.78 is 0. The number of carbonyl (C=O) groups excluding carboxylic acids is 1. The second kappa shape index (κ2) is 3.44. The molecule has 0 heterocycles. The summed E-state index contributed by atoms with van der Waals surface area (Å²) in [4.78, 5) is 11.0. The molecule has 0 aliphatic carbocycles. The Hall–Kier alpha value is -0.570. The Labute approximate surface area is 74.7 Å². The van der Waals surface area contributed by atoms with Gasteiger partial charge in [-0.1, -0.05) is 20.8 Å². The van der Waals surface area contributed by atoms with E-state index in [1.54, 1.807) is 0 Å². The van der Waals surface area contributed by atoms with Gasteiger partial charge >= 0.3 is 0 Å². The molecule has 3 N–H and O–H groups in total. The highest BCUT2D eigenvalue weighted by Gasteiger charge is 2.33. The molecule has 0 aromatic carbocycles. The minimum absolute atomic E-state index is 0.0395. The number of amides is 1. The summed E-state index contributed by atoms with van der Waals surface area (Å²) in [5, 5.41) is 2.88. The van der Waals surface area contributed by atoms with E-state index >= 15 is 0 Å². The van der Waals surface area contributed by atoms with E-state index in [9.17, 15) is 4.79 Å². The molecule has 0 unspecified atom stereocenters. The van der Waals surface area contributed by atoms with Crippen LogP contribution in [-0.2, 0) is 4.79 Å². The zero-order valence-corrected chi connectivity index (χ0v) is 8.69. The van der Waals surface area contributed by atoms with Crippen LogP contribution in [0.2, 0.25) is 0 Å². The predicted octanol–water partition coefficient (Wildman–Crippen LogP) is 0.886. The van der Waals surface area contributed by atoms with Crippen molar-refractivity contribution in [2.75, 3.05) is 6.54 Å².